The van der Waals surface area contributed by atoms with Gasteiger partial charge in [0.15, 0.2) is 44.0 Å². The lowest BCUT2D eigenvalue weighted by Crippen LogP contribution is -2.68. The Morgan fingerprint density at radius 3 is 0.769 bits per heavy atom. The Labute approximate surface area is 439 Å². The molecule has 7 heterocycles. The van der Waals surface area contributed by atoms with E-state index in [9.17, 15) is 117 Å². The molecule has 0 aromatic carbocycles. The first kappa shape index (κ1) is 64.1. The van der Waals surface area contributed by atoms with Crippen molar-refractivity contribution in [3.63, 3.8) is 0 Å². The van der Waals surface area contributed by atoms with Gasteiger partial charge in [-0.3, -0.25) is 0 Å². The number of hydrogen-bond donors (Lipinski definition) is 23. The van der Waals surface area contributed by atoms with E-state index in [4.69, 9.17) is 61.6 Å². The molecule has 78 heavy (non-hydrogen) atoms. The Balaban J connectivity index is 1.15. The number of aliphatic hydroxyl groups is 23. The molecule has 0 radical (unpaired) electrons. The van der Waals surface area contributed by atoms with Crippen LogP contribution in [0.4, 0.5) is 0 Å². The van der Waals surface area contributed by atoms with Crippen LogP contribution in [0.2, 0.25) is 0 Å². The molecule has 0 saturated carbocycles. The molecule has 0 amide bonds. The number of rotatable bonds is 19. The predicted octanol–water partition coefficient (Wildman–Crippen LogP) is -16.3. The van der Waals surface area contributed by atoms with E-state index < -0.39 is 261 Å². The van der Waals surface area contributed by atoms with Crippen molar-refractivity contribution in [1.82, 2.24) is 0 Å². The summed E-state index contributed by atoms with van der Waals surface area (Å²) < 4.78 is 72.5. The minimum absolute atomic E-state index is 0.884. The molecule has 7 saturated heterocycles. The van der Waals surface area contributed by atoms with Gasteiger partial charge in [0.1, 0.15) is 171 Å². The SMILES string of the molecule is OC[C@H]1O[C@@H](OC[C@H]2O[C@@H](O[C@@H]3[C@@H](O)[C@H](O[C@@H]4[C@@H](O)[C@H](O[C@@H]5[C@@H](O)[C@@H](O)O[C@H](CO)[C@H]5O)O[C@H](CO[C@@H]5O[C@H](CO)[C@@H](O)[C@H](O)[C@H]5O)[C@H]4O)O[C@H](CO)[C@H]3O)[C@H](O)[C@@H](O[C@@H]3O[C@H](CO)[C@@H](O)[C@H](O)[C@H]3O)[C@@H]2O)[C@H](O)[C@@H](O)[C@@H]1O. The van der Waals surface area contributed by atoms with Gasteiger partial charge in [-0.15, -0.1) is 0 Å². The summed E-state index contributed by atoms with van der Waals surface area (Å²) >= 11 is 0. The lowest BCUT2D eigenvalue weighted by Gasteiger charge is -2.50. The minimum atomic E-state index is -2.40. The fraction of sp³-hybridized carbons (Fsp3) is 1.00. The molecule has 0 unspecified atom stereocenters. The first-order valence-corrected chi connectivity index (χ1v) is 24.7. The van der Waals surface area contributed by atoms with E-state index in [1.807, 2.05) is 0 Å². The molecule has 7 aliphatic rings. The Morgan fingerprint density at radius 1 is 0.218 bits per heavy atom. The largest absolute Gasteiger partial charge is 0.394 e. The van der Waals surface area contributed by atoms with Crippen molar-refractivity contribution in [3.05, 3.63) is 0 Å². The van der Waals surface area contributed by atoms with E-state index in [1.54, 1.807) is 0 Å². The van der Waals surface area contributed by atoms with Crippen LogP contribution in [0.15, 0.2) is 0 Å². The lowest BCUT2D eigenvalue weighted by atomic mass is 9.95. The zero-order valence-corrected chi connectivity index (χ0v) is 40.8. The van der Waals surface area contributed by atoms with E-state index in [2.05, 4.69) is 0 Å². The molecule has 23 N–H and O–H groups in total. The lowest BCUT2D eigenvalue weighted by molar-refractivity contribution is -0.398. The summed E-state index contributed by atoms with van der Waals surface area (Å²) in [7, 11) is 0. The van der Waals surface area contributed by atoms with E-state index in [0.29, 0.717) is 0 Å². The van der Waals surface area contributed by atoms with Crippen LogP contribution in [0.1, 0.15) is 0 Å². The van der Waals surface area contributed by atoms with Crippen molar-refractivity contribution >= 4 is 0 Å². The van der Waals surface area contributed by atoms with Crippen LogP contribution < -0.4 is 0 Å². The Bertz CT molecular complexity index is 1810. The third-order valence-electron chi connectivity index (χ3n) is 14.5. The summed E-state index contributed by atoms with van der Waals surface area (Å²) in [4.78, 5) is 0. The summed E-state index contributed by atoms with van der Waals surface area (Å²) in [5, 5.41) is 245. The van der Waals surface area contributed by atoms with Gasteiger partial charge in [0.05, 0.1) is 46.2 Å². The van der Waals surface area contributed by atoms with Crippen molar-refractivity contribution < 1.29 is 179 Å². The standard InChI is InChI=1S/C42H72O36/c43-1-8-15(48)22(55)25(58)37(69-8)66-6-13-20(53)34(76-39-27(60)24(57)17(50)10(3-45)71-39)30(63)42(74-13)77-33-19(52)12(5-47)72-40(29(33)62)78-35-21(54)14(7-67-38-26(59)23(56)16(49)9(2-44)70-38)73-41(31(35)64)75-32-18(51)11(4-46)68-36(65)28(32)61/h8-65H,1-7H2/t8-,9-,10-,11-,12-,13-,14-,15-,16-,17-,18-,19-,20-,21-,22+,23+,24+,25-,26-,27-,28-,29-,30-,31-,32+,33+,34+,35+,36+,37-,38-,39+,40+,41+,42+/m1/s1. The maximum absolute atomic E-state index is 11.9. The fourth-order valence-electron chi connectivity index (χ4n) is 9.77. The van der Waals surface area contributed by atoms with Crippen molar-refractivity contribution in [3.8, 4) is 0 Å². The molecule has 7 fully saturated rings. The first-order chi connectivity index (χ1) is 36.9. The van der Waals surface area contributed by atoms with Crippen molar-refractivity contribution in [1.29, 1.82) is 0 Å². The van der Waals surface area contributed by atoms with Crippen LogP contribution in [-0.2, 0) is 61.6 Å². The number of hydrogen-bond acceptors (Lipinski definition) is 36. The van der Waals surface area contributed by atoms with Gasteiger partial charge in [0.25, 0.3) is 0 Å². The molecule has 0 aromatic heterocycles. The topological polar surface area (TPSA) is 585 Å². The molecule has 456 valence electrons. The summed E-state index contributed by atoms with van der Waals surface area (Å²) in [6, 6.07) is 0. The normalized spacial score (nSPS) is 53.5. The zero-order chi connectivity index (χ0) is 57.3. The fourth-order valence-corrected chi connectivity index (χ4v) is 9.77. The molecular formula is C42H72O36. The summed E-state index contributed by atoms with van der Waals surface area (Å²) in [6.45, 7) is -6.68. The Morgan fingerprint density at radius 2 is 0.449 bits per heavy atom. The van der Waals surface area contributed by atoms with Gasteiger partial charge in [0.2, 0.25) is 0 Å². The maximum atomic E-state index is 11.9. The van der Waals surface area contributed by atoms with Crippen molar-refractivity contribution in [2.75, 3.05) is 46.2 Å². The van der Waals surface area contributed by atoms with Crippen LogP contribution in [0.25, 0.3) is 0 Å². The first-order valence-electron chi connectivity index (χ1n) is 24.7. The Hall–Kier alpha value is -1.44. The summed E-state index contributed by atoms with van der Waals surface area (Å²) in [5.74, 6) is 0. The molecule has 36 heteroatoms. The number of ether oxygens (including phenoxy) is 13. The van der Waals surface area contributed by atoms with Gasteiger partial charge in [0, 0.05) is 0 Å². The van der Waals surface area contributed by atoms with E-state index >= 15 is 0 Å². The quantitative estimate of drug-likeness (QED) is 0.0571. The second-order valence-electron chi connectivity index (χ2n) is 19.6. The van der Waals surface area contributed by atoms with Crippen molar-refractivity contribution in [2.45, 2.75) is 215 Å². The van der Waals surface area contributed by atoms with Crippen LogP contribution in [-0.4, -0.2) is 379 Å². The molecule has 36 nitrogen and oxygen atoms in total. The summed E-state index contributed by atoms with van der Waals surface area (Å²) in [6.07, 6.45) is -70.3. The van der Waals surface area contributed by atoms with Crippen molar-refractivity contribution in [2.24, 2.45) is 0 Å². The van der Waals surface area contributed by atoms with Gasteiger partial charge >= 0.3 is 0 Å². The van der Waals surface area contributed by atoms with Gasteiger partial charge in [-0.2, -0.15) is 0 Å². The second kappa shape index (κ2) is 27.5. The van der Waals surface area contributed by atoms with Crippen LogP contribution >= 0.6 is 0 Å². The second-order valence-corrected chi connectivity index (χ2v) is 19.6. The highest BCUT2D eigenvalue weighted by atomic mass is 16.8. The molecular weight excluding hydrogens is 1080 g/mol. The third kappa shape index (κ3) is 13.2. The van der Waals surface area contributed by atoms with Gasteiger partial charge < -0.3 is 179 Å². The predicted molar refractivity (Wildman–Crippen MR) is 232 cm³/mol. The highest BCUT2D eigenvalue weighted by molar-refractivity contribution is 5.00. The smallest absolute Gasteiger partial charge is 0.187 e. The van der Waals surface area contributed by atoms with Gasteiger partial charge in [-0.25, -0.2) is 0 Å². The molecule has 0 aliphatic carbocycles. The highest BCUT2D eigenvalue weighted by Gasteiger charge is 2.58. The highest BCUT2D eigenvalue weighted by Crippen LogP contribution is 2.37. The molecule has 35 atom stereocenters. The van der Waals surface area contributed by atoms with E-state index in [0.717, 1.165) is 0 Å². The zero-order valence-electron chi connectivity index (χ0n) is 40.8. The van der Waals surface area contributed by atoms with Crippen LogP contribution in [0.5, 0.6) is 0 Å². The van der Waals surface area contributed by atoms with E-state index in [-0.39, 0.29) is 0 Å². The van der Waals surface area contributed by atoms with Crippen LogP contribution in [0.3, 0.4) is 0 Å². The number of aliphatic hydroxyl groups excluding tert-OH is 23. The van der Waals surface area contributed by atoms with Gasteiger partial charge in [-0.05, 0) is 0 Å². The average Bonchev–Trinajstić information content (AvgIpc) is 3.43. The van der Waals surface area contributed by atoms with E-state index in [1.165, 1.54) is 0 Å². The molecule has 7 rings (SSSR count). The third-order valence-corrected chi connectivity index (χ3v) is 14.5. The monoisotopic (exact) mass is 1150 g/mol. The van der Waals surface area contributed by atoms with Gasteiger partial charge in [-0.1, -0.05) is 0 Å². The molecule has 7 aliphatic heterocycles. The summed E-state index contributed by atoms with van der Waals surface area (Å²) in [5.41, 5.74) is 0. The Kier molecular flexibility index (Phi) is 22.6. The van der Waals surface area contributed by atoms with Crippen LogP contribution in [0, 0.1) is 0 Å². The average molecular weight is 1150 g/mol. The maximum Gasteiger partial charge on any atom is 0.187 e. The molecule has 0 aromatic rings. The molecule has 0 spiro atoms. The molecule has 0 bridgehead atoms. The minimum Gasteiger partial charge on any atom is -0.394 e.